The standard InChI is InChI=1S/C28H27Cl2N5O5/c1-4-22(37)33-18-7-5-16(6-8-18)9-11-35-26-17(15-32-28(34-26)31-10-12-36)13-19(27(35)38)23-24(29)20(39-2)14-21(40-3)25(23)30/h4-8,13-15,36H,1,9-12H2,2-3H3,(H,33,37)(H,31,32,34). The summed E-state index contributed by atoms with van der Waals surface area (Å²) in [7, 11) is 2.92. The van der Waals surface area contributed by atoms with Gasteiger partial charge in [-0.05, 0) is 36.3 Å². The number of ether oxygens (including phenoxy) is 2. The monoisotopic (exact) mass is 583 g/mol. The topological polar surface area (TPSA) is 128 Å². The highest BCUT2D eigenvalue weighted by Crippen LogP contribution is 2.45. The fourth-order valence-electron chi connectivity index (χ4n) is 4.11. The second kappa shape index (κ2) is 12.8. The first-order valence-electron chi connectivity index (χ1n) is 12.2. The molecule has 0 spiro atoms. The normalized spacial score (nSPS) is 10.8. The van der Waals surface area contributed by atoms with E-state index in [4.69, 9.17) is 32.7 Å². The van der Waals surface area contributed by atoms with Gasteiger partial charge in [-0.2, -0.15) is 4.98 Å². The van der Waals surface area contributed by atoms with Crippen LogP contribution in [-0.2, 0) is 17.8 Å². The largest absolute Gasteiger partial charge is 0.495 e. The molecular weight excluding hydrogens is 557 g/mol. The second-order valence-electron chi connectivity index (χ2n) is 8.56. The van der Waals surface area contributed by atoms with Gasteiger partial charge in [-0.1, -0.05) is 41.9 Å². The Morgan fingerprint density at radius 2 is 1.80 bits per heavy atom. The van der Waals surface area contributed by atoms with E-state index < -0.39 is 0 Å². The minimum absolute atomic E-state index is 0.106. The first kappa shape index (κ1) is 28.9. The zero-order valence-electron chi connectivity index (χ0n) is 21.8. The molecule has 0 fully saturated rings. The van der Waals surface area contributed by atoms with E-state index in [-0.39, 0.29) is 58.3 Å². The number of pyridine rings is 1. The van der Waals surface area contributed by atoms with Crippen LogP contribution in [0.2, 0.25) is 10.0 Å². The average molecular weight is 584 g/mol. The van der Waals surface area contributed by atoms with Gasteiger partial charge in [0.25, 0.3) is 5.56 Å². The predicted molar refractivity (Wildman–Crippen MR) is 157 cm³/mol. The van der Waals surface area contributed by atoms with Crippen LogP contribution in [0, 0.1) is 0 Å². The molecule has 1 amide bonds. The lowest BCUT2D eigenvalue weighted by Crippen LogP contribution is -2.24. The molecule has 40 heavy (non-hydrogen) atoms. The number of methoxy groups -OCH3 is 2. The number of carbonyl (C=O) groups excluding carboxylic acids is 1. The van der Waals surface area contributed by atoms with E-state index in [2.05, 4.69) is 27.2 Å². The Morgan fingerprint density at radius 1 is 1.12 bits per heavy atom. The highest BCUT2D eigenvalue weighted by atomic mass is 35.5. The Labute approximate surface area is 240 Å². The Morgan fingerprint density at radius 3 is 2.40 bits per heavy atom. The molecule has 0 bridgehead atoms. The summed E-state index contributed by atoms with van der Waals surface area (Å²) in [5, 5.41) is 15.7. The van der Waals surface area contributed by atoms with Crippen LogP contribution in [0.4, 0.5) is 11.6 Å². The molecule has 0 aliphatic heterocycles. The van der Waals surface area contributed by atoms with Crippen LogP contribution in [0.1, 0.15) is 5.56 Å². The van der Waals surface area contributed by atoms with E-state index in [1.807, 2.05) is 12.1 Å². The van der Waals surface area contributed by atoms with E-state index >= 15 is 0 Å². The number of aliphatic hydroxyl groups is 1. The summed E-state index contributed by atoms with van der Waals surface area (Å²) >= 11 is 13.3. The number of rotatable bonds is 11. The van der Waals surface area contributed by atoms with Crippen molar-refractivity contribution in [1.29, 1.82) is 0 Å². The number of amides is 1. The lowest BCUT2D eigenvalue weighted by Gasteiger charge is -2.17. The molecule has 0 saturated carbocycles. The Kier molecular flexibility index (Phi) is 9.26. The summed E-state index contributed by atoms with van der Waals surface area (Å²) in [6.45, 7) is 3.85. The van der Waals surface area contributed by atoms with Crippen molar-refractivity contribution in [2.24, 2.45) is 0 Å². The van der Waals surface area contributed by atoms with Gasteiger partial charge >= 0.3 is 0 Å². The van der Waals surface area contributed by atoms with Crippen LogP contribution in [0.3, 0.4) is 0 Å². The van der Waals surface area contributed by atoms with E-state index in [9.17, 15) is 14.7 Å². The fraction of sp³-hybridized carbons (Fsp3) is 0.214. The SMILES string of the molecule is C=CC(=O)Nc1ccc(CCn2c(=O)c(-c3c(Cl)c(OC)cc(OC)c3Cl)cc3cnc(NCCO)nc32)cc1. The fourth-order valence-corrected chi connectivity index (χ4v) is 4.81. The van der Waals surface area contributed by atoms with Crippen molar-refractivity contribution in [2.75, 3.05) is 38.0 Å². The number of nitrogens with zero attached hydrogens (tertiary/aromatic N) is 3. The number of fused-ring (bicyclic) bond motifs is 1. The van der Waals surface area contributed by atoms with Gasteiger partial charge in [0.05, 0.1) is 36.4 Å². The Balaban J connectivity index is 1.83. The minimum atomic E-state index is -0.381. The third kappa shape index (κ3) is 6.04. The summed E-state index contributed by atoms with van der Waals surface area (Å²) in [6.07, 6.45) is 3.25. The van der Waals surface area contributed by atoms with Crippen molar-refractivity contribution in [3.05, 3.63) is 81.2 Å². The maximum atomic E-state index is 14.0. The Bertz CT molecular complexity index is 1590. The average Bonchev–Trinajstić information content (AvgIpc) is 2.96. The lowest BCUT2D eigenvalue weighted by atomic mass is 10.0. The molecule has 0 aliphatic rings. The molecule has 2 aromatic heterocycles. The van der Waals surface area contributed by atoms with Crippen LogP contribution < -0.4 is 25.7 Å². The van der Waals surface area contributed by atoms with Crippen LogP contribution in [0.5, 0.6) is 11.5 Å². The van der Waals surface area contributed by atoms with Gasteiger partial charge in [0, 0.05) is 42.0 Å². The number of aliphatic hydroxyl groups excluding tert-OH is 1. The molecule has 4 aromatic rings. The first-order valence-corrected chi connectivity index (χ1v) is 12.9. The summed E-state index contributed by atoms with van der Waals surface area (Å²) in [5.41, 5.74) is 2.05. The predicted octanol–water partition coefficient (Wildman–Crippen LogP) is 4.55. The quantitative estimate of drug-likeness (QED) is 0.219. The van der Waals surface area contributed by atoms with E-state index in [0.29, 0.717) is 34.6 Å². The molecule has 10 nitrogen and oxygen atoms in total. The number of nitrogens with one attached hydrogen (secondary N) is 2. The van der Waals surface area contributed by atoms with Gasteiger partial charge in [-0.3, -0.25) is 14.2 Å². The van der Waals surface area contributed by atoms with Gasteiger partial charge in [0.15, 0.2) is 0 Å². The van der Waals surface area contributed by atoms with E-state index in [0.717, 1.165) is 5.56 Å². The molecule has 2 aromatic carbocycles. The van der Waals surface area contributed by atoms with E-state index in [1.165, 1.54) is 24.9 Å². The van der Waals surface area contributed by atoms with Gasteiger partial charge in [0.2, 0.25) is 11.9 Å². The molecule has 0 unspecified atom stereocenters. The van der Waals surface area contributed by atoms with Crippen LogP contribution in [0.15, 0.2) is 60.0 Å². The zero-order chi connectivity index (χ0) is 28.8. The molecule has 0 radical (unpaired) electrons. The van der Waals surface area contributed by atoms with Crippen LogP contribution in [-0.4, -0.2) is 52.9 Å². The molecule has 0 atom stereocenters. The van der Waals surface area contributed by atoms with Gasteiger partial charge in [-0.15, -0.1) is 0 Å². The smallest absolute Gasteiger partial charge is 0.260 e. The molecule has 208 valence electrons. The van der Waals surface area contributed by atoms with Crippen molar-refractivity contribution < 1.29 is 19.4 Å². The van der Waals surface area contributed by atoms with E-state index in [1.54, 1.807) is 30.5 Å². The molecule has 0 saturated heterocycles. The van der Waals surface area contributed by atoms with Crippen molar-refractivity contribution in [2.45, 2.75) is 13.0 Å². The molecule has 4 rings (SSSR count). The number of aromatic nitrogens is 3. The lowest BCUT2D eigenvalue weighted by molar-refractivity contribution is -0.111. The van der Waals surface area contributed by atoms with Crippen molar-refractivity contribution in [3.63, 3.8) is 0 Å². The zero-order valence-corrected chi connectivity index (χ0v) is 23.3. The van der Waals surface area contributed by atoms with Gasteiger partial charge in [-0.25, -0.2) is 4.98 Å². The van der Waals surface area contributed by atoms with Crippen molar-refractivity contribution in [1.82, 2.24) is 14.5 Å². The molecule has 3 N–H and O–H groups in total. The summed E-state index contributed by atoms with van der Waals surface area (Å²) in [4.78, 5) is 34.5. The number of benzene rings is 2. The Hall–Kier alpha value is -4.12. The molecule has 0 aliphatic carbocycles. The molecular formula is C28H27Cl2N5O5. The van der Waals surface area contributed by atoms with Gasteiger partial charge < -0.3 is 25.2 Å². The third-order valence-corrected chi connectivity index (χ3v) is 6.85. The number of hydrogen-bond acceptors (Lipinski definition) is 8. The molecule has 12 heteroatoms. The highest BCUT2D eigenvalue weighted by molar-refractivity contribution is 6.41. The molecule has 2 heterocycles. The maximum absolute atomic E-state index is 14.0. The van der Waals surface area contributed by atoms with Gasteiger partial charge in [0.1, 0.15) is 17.1 Å². The summed E-state index contributed by atoms with van der Waals surface area (Å²) < 4.78 is 12.3. The maximum Gasteiger partial charge on any atom is 0.260 e. The number of anilines is 2. The number of halogens is 2. The van der Waals surface area contributed by atoms with Crippen molar-refractivity contribution in [3.8, 4) is 22.6 Å². The number of hydrogen-bond donors (Lipinski definition) is 3. The van der Waals surface area contributed by atoms with Crippen molar-refractivity contribution >= 4 is 51.8 Å². The highest BCUT2D eigenvalue weighted by Gasteiger charge is 2.23. The number of carbonyl (C=O) groups is 1. The third-order valence-electron chi connectivity index (χ3n) is 6.10. The first-order chi connectivity index (χ1) is 19.3. The summed E-state index contributed by atoms with van der Waals surface area (Å²) in [6, 6.07) is 10.5. The van der Waals surface area contributed by atoms with Crippen LogP contribution >= 0.6 is 23.2 Å². The number of aryl methyl sites for hydroxylation is 2. The van der Waals surface area contributed by atoms with Crippen LogP contribution in [0.25, 0.3) is 22.2 Å². The second-order valence-corrected chi connectivity index (χ2v) is 9.32. The minimum Gasteiger partial charge on any atom is -0.495 e. The summed E-state index contributed by atoms with van der Waals surface area (Å²) in [5.74, 6) is 0.558.